The minimum atomic E-state index is -0.601. The normalized spacial score (nSPS) is 10.4. The van der Waals surface area contributed by atoms with E-state index >= 15 is 0 Å². The van der Waals surface area contributed by atoms with E-state index in [0.29, 0.717) is 0 Å². The van der Waals surface area contributed by atoms with Crippen LogP contribution < -0.4 is 10.6 Å². The number of carbonyl (C=O) groups excluding carboxylic acids is 1. The number of anilines is 1. The summed E-state index contributed by atoms with van der Waals surface area (Å²) in [6, 6.07) is 11.0. The van der Waals surface area contributed by atoms with Gasteiger partial charge in [-0.15, -0.1) is 0 Å². The molecule has 0 radical (unpaired) electrons. The molecule has 1 amide bonds. The van der Waals surface area contributed by atoms with Gasteiger partial charge in [0.15, 0.2) is 5.11 Å². The maximum atomic E-state index is 11.8. The Hall–Kier alpha value is -3.26. The Morgan fingerprint density at radius 3 is 2.56 bits per heavy atom. The highest BCUT2D eigenvalue weighted by Gasteiger charge is 2.11. The summed E-state index contributed by atoms with van der Waals surface area (Å²) in [6.45, 7) is 1.97. The minimum absolute atomic E-state index is 0.0296. The van der Waals surface area contributed by atoms with E-state index in [-0.39, 0.29) is 22.2 Å². The Kier molecular flexibility index (Phi) is 5.80. The van der Waals surface area contributed by atoms with E-state index in [9.17, 15) is 20.0 Å². The number of nitro groups is 1. The van der Waals surface area contributed by atoms with Crippen LogP contribution in [0.25, 0.3) is 6.08 Å². The van der Waals surface area contributed by atoms with Gasteiger partial charge in [-0.2, -0.15) is 0 Å². The van der Waals surface area contributed by atoms with Crippen molar-refractivity contribution in [3.63, 3.8) is 0 Å². The number of benzene rings is 2. The highest BCUT2D eigenvalue weighted by atomic mass is 32.1. The summed E-state index contributed by atoms with van der Waals surface area (Å²) < 4.78 is 0. The summed E-state index contributed by atoms with van der Waals surface area (Å²) in [5.41, 5.74) is 1.79. The fourth-order valence-corrected chi connectivity index (χ4v) is 2.10. The Bertz CT molecular complexity index is 847. The lowest BCUT2D eigenvalue weighted by atomic mass is 10.1. The zero-order chi connectivity index (χ0) is 18.4. The molecule has 2 rings (SSSR count). The molecule has 25 heavy (non-hydrogen) atoms. The maximum Gasteiger partial charge on any atom is 0.271 e. The largest absolute Gasteiger partial charge is 0.506 e. The molecule has 0 heterocycles. The summed E-state index contributed by atoms with van der Waals surface area (Å²) in [5, 5.41) is 25.3. The van der Waals surface area contributed by atoms with Crippen LogP contribution in [-0.4, -0.2) is 21.0 Å². The van der Waals surface area contributed by atoms with Gasteiger partial charge < -0.3 is 10.4 Å². The first-order valence-corrected chi connectivity index (χ1v) is 7.60. The van der Waals surface area contributed by atoms with Gasteiger partial charge in [0.05, 0.1) is 10.6 Å². The SMILES string of the molecule is Cc1ccc(/C=C/C(=O)NC(=S)Nc2cc([N+](=O)[O-])ccc2O)cc1. The van der Waals surface area contributed by atoms with Gasteiger partial charge in [0.2, 0.25) is 5.91 Å². The molecule has 0 unspecified atom stereocenters. The monoisotopic (exact) mass is 357 g/mol. The molecule has 0 spiro atoms. The minimum Gasteiger partial charge on any atom is -0.506 e. The van der Waals surface area contributed by atoms with Gasteiger partial charge in [0.25, 0.3) is 5.69 Å². The zero-order valence-corrected chi connectivity index (χ0v) is 14.0. The number of non-ortho nitro benzene ring substituents is 1. The van der Waals surface area contributed by atoms with Crippen molar-refractivity contribution in [3.05, 3.63) is 69.8 Å². The molecule has 0 atom stereocenters. The number of amides is 1. The highest BCUT2D eigenvalue weighted by Crippen LogP contribution is 2.27. The summed E-state index contributed by atoms with van der Waals surface area (Å²) in [4.78, 5) is 22.0. The van der Waals surface area contributed by atoms with Crippen molar-refractivity contribution in [2.45, 2.75) is 6.92 Å². The Labute approximate surface area is 149 Å². The molecular formula is C17H15N3O4S. The molecule has 3 N–H and O–H groups in total. The maximum absolute atomic E-state index is 11.8. The van der Waals surface area contributed by atoms with Crippen LogP contribution in [0.4, 0.5) is 11.4 Å². The van der Waals surface area contributed by atoms with Gasteiger partial charge in [-0.3, -0.25) is 20.2 Å². The zero-order valence-electron chi connectivity index (χ0n) is 13.2. The van der Waals surface area contributed by atoms with Crippen molar-refractivity contribution >= 4 is 40.7 Å². The Morgan fingerprint density at radius 2 is 1.92 bits per heavy atom. The first-order valence-electron chi connectivity index (χ1n) is 7.19. The van der Waals surface area contributed by atoms with Crippen molar-refractivity contribution in [1.29, 1.82) is 0 Å². The Morgan fingerprint density at radius 1 is 1.24 bits per heavy atom. The number of aryl methyl sites for hydroxylation is 1. The van der Waals surface area contributed by atoms with Crippen molar-refractivity contribution in [2.24, 2.45) is 0 Å². The lowest BCUT2D eigenvalue weighted by Crippen LogP contribution is -2.32. The third kappa shape index (κ3) is 5.40. The number of nitrogens with zero attached hydrogens (tertiary/aromatic N) is 1. The molecule has 0 aliphatic rings. The second-order valence-corrected chi connectivity index (χ2v) is 5.55. The molecule has 0 aliphatic carbocycles. The molecule has 0 bridgehead atoms. The number of hydrogen-bond acceptors (Lipinski definition) is 5. The predicted molar refractivity (Wildman–Crippen MR) is 99.3 cm³/mol. The fourth-order valence-electron chi connectivity index (χ4n) is 1.89. The van der Waals surface area contributed by atoms with E-state index in [0.717, 1.165) is 23.3 Å². The van der Waals surface area contributed by atoms with Crippen molar-refractivity contribution in [3.8, 4) is 5.75 Å². The summed E-state index contributed by atoms with van der Waals surface area (Å²) in [6.07, 6.45) is 2.94. The van der Waals surface area contributed by atoms with E-state index in [4.69, 9.17) is 12.2 Å². The summed E-state index contributed by atoms with van der Waals surface area (Å²) >= 11 is 4.97. The van der Waals surface area contributed by atoms with E-state index in [1.54, 1.807) is 6.08 Å². The molecule has 0 saturated heterocycles. The quantitative estimate of drug-likeness (QED) is 0.255. The first-order chi connectivity index (χ1) is 11.8. The molecule has 0 fully saturated rings. The van der Waals surface area contributed by atoms with Gasteiger partial charge in [0, 0.05) is 18.2 Å². The number of nitro benzene ring substituents is 1. The van der Waals surface area contributed by atoms with Gasteiger partial charge in [0.1, 0.15) is 5.75 Å². The van der Waals surface area contributed by atoms with Crippen LogP contribution in [0.2, 0.25) is 0 Å². The molecule has 128 valence electrons. The molecule has 2 aromatic rings. The van der Waals surface area contributed by atoms with Crippen LogP contribution in [0, 0.1) is 17.0 Å². The topological polar surface area (TPSA) is 104 Å². The number of aromatic hydroxyl groups is 1. The number of rotatable bonds is 4. The van der Waals surface area contributed by atoms with Crippen molar-refractivity contribution in [2.75, 3.05) is 5.32 Å². The number of nitrogens with one attached hydrogen (secondary N) is 2. The smallest absolute Gasteiger partial charge is 0.271 e. The van der Waals surface area contributed by atoms with Crippen molar-refractivity contribution < 1.29 is 14.8 Å². The average molecular weight is 357 g/mol. The number of thiocarbonyl (C=S) groups is 1. The first kappa shape index (κ1) is 18.1. The van der Waals surface area contributed by atoms with Gasteiger partial charge >= 0.3 is 0 Å². The average Bonchev–Trinajstić information content (AvgIpc) is 2.56. The van der Waals surface area contributed by atoms with Gasteiger partial charge in [-0.1, -0.05) is 29.8 Å². The van der Waals surface area contributed by atoms with E-state index in [2.05, 4.69) is 10.6 Å². The lowest BCUT2D eigenvalue weighted by molar-refractivity contribution is -0.384. The number of phenolic OH excluding ortho intramolecular Hbond substituents is 1. The van der Waals surface area contributed by atoms with Crippen LogP contribution in [-0.2, 0) is 4.79 Å². The van der Waals surface area contributed by atoms with Crippen LogP contribution in [0.1, 0.15) is 11.1 Å². The third-order valence-electron chi connectivity index (χ3n) is 3.18. The molecule has 7 nitrogen and oxygen atoms in total. The predicted octanol–water partition coefficient (Wildman–Crippen LogP) is 3.14. The number of hydrogen-bond donors (Lipinski definition) is 3. The molecule has 8 heteroatoms. The molecular weight excluding hydrogens is 342 g/mol. The molecule has 0 aromatic heterocycles. The lowest BCUT2D eigenvalue weighted by Gasteiger charge is -2.09. The Balaban J connectivity index is 1.97. The second kappa shape index (κ2) is 8.02. The van der Waals surface area contributed by atoms with E-state index in [1.807, 2.05) is 31.2 Å². The van der Waals surface area contributed by atoms with Gasteiger partial charge in [-0.25, -0.2) is 0 Å². The van der Waals surface area contributed by atoms with Crippen LogP contribution in [0.5, 0.6) is 5.75 Å². The number of carbonyl (C=O) groups is 1. The number of phenols is 1. The van der Waals surface area contributed by atoms with E-state index in [1.165, 1.54) is 12.1 Å². The molecule has 0 saturated carbocycles. The second-order valence-electron chi connectivity index (χ2n) is 5.15. The summed E-state index contributed by atoms with van der Waals surface area (Å²) in [5.74, 6) is -0.694. The van der Waals surface area contributed by atoms with Crippen LogP contribution in [0.3, 0.4) is 0 Å². The standard InChI is InChI=1S/C17H15N3O4S/c1-11-2-4-12(5-3-11)6-9-16(22)19-17(25)18-14-10-13(20(23)24)7-8-15(14)21/h2-10,21H,1H3,(H2,18,19,22,25)/b9-6+. The fraction of sp³-hybridized carbons (Fsp3) is 0.0588. The summed E-state index contributed by atoms with van der Waals surface area (Å²) in [7, 11) is 0. The molecule has 2 aromatic carbocycles. The van der Waals surface area contributed by atoms with Crippen molar-refractivity contribution in [1.82, 2.24) is 5.32 Å². The van der Waals surface area contributed by atoms with Crippen LogP contribution in [0.15, 0.2) is 48.5 Å². The van der Waals surface area contributed by atoms with Crippen LogP contribution >= 0.6 is 12.2 Å². The van der Waals surface area contributed by atoms with E-state index < -0.39 is 10.8 Å². The molecule has 0 aliphatic heterocycles. The highest BCUT2D eigenvalue weighted by molar-refractivity contribution is 7.80. The van der Waals surface area contributed by atoms with Gasteiger partial charge in [-0.05, 0) is 36.8 Å². The third-order valence-corrected chi connectivity index (χ3v) is 3.38.